The van der Waals surface area contributed by atoms with E-state index in [0.29, 0.717) is 5.02 Å². The first-order valence-electron chi connectivity index (χ1n) is 5.63. The quantitative estimate of drug-likeness (QED) is 0.922. The number of halogens is 1. The van der Waals surface area contributed by atoms with Crippen molar-refractivity contribution < 1.29 is 5.11 Å². The Morgan fingerprint density at radius 3 is 2.67 bits per heavy atom. The van der Waals surface area contributed by atoms with E-state index in [1.54, 1.807) is 17.1 Å². The van der Waals surface area contributed by atoms with Crippen molar-refractivity contribution in [2.75, 3.05) is 0 Å². The molecule has 2 atom stereocenters. The van der Waals surface area contributed by atoms with E-state index >= 15 is 0 Å². The fourth-order valence-electron chi connectivity index (χ4n) is 1.53. The summed E-state index contributed by atoms with van der Waals surface area (Å²) < 4.78 is 1.62. The second-order valence-electron chi connectivity index (χ2n) is 4.02. The van der Waals surface area contributed by atoms with E-state index < -0.39 is 6.10 Å². The number of aliphatic hydroxyl groups excluding tert-OH is 1. The van der Waals surface area contributed by atoms with Crippen LogP contribution < -0.4 is 0 Å². The van der Waals surface area contributed by atoms with Gasteiger partial charge in [-0.3, -0.25) is 0 Å². The fourth-order valence-corrected chi connectivity index (χ4v) is 1.65. The first-order chi connectivity index (χ1) is 8.66. The number of benzene rings is 1. The van der Waals surface area contributed by atoms with Crippen LogP contribution in [0.2, 0.25) is 5.02 Å². The molecular weight excluding hydrogens is 250 g/mol. The Bertz CT molecular complexity index is 508. The lowest BCUT2D eigenvalue weighted by Gasteiger charge is -2.15. The van der Waals surface area contributed by atoms with Gasteiger partial charge in [0.25, 0.3) is 0 Å². The van der Waals surface area contributed by atoms with Crippen molar-refractivity contribution in [1.29, 1.82) is 0 Å². The van der Waals surface area contributed by atoms with Crippen LogP contribution in [0.25, 0.3) is 6.08 Å². The molecule has 2 unspecified atom stereocenters. The lowest BCUT2D eigenvalue weighted by Crippen LogP contribution is -2.19. The average molecular weight is 264 g/mol. The standard InChI is InChI=1S/C13H14ClN3O/c1-10(17-9-15-8-16-17)13(18)7-4-11-2-5-12(14)6-3-11/h2-10,13,18H,1H3. The third-order valence-electron chi connectivity index (χ3n) is 2.70. The molecule has 0 spiro atoms. The van der Waals surface area contributed by atoms with Crippen molar-refractivity contribution in [3.8, 4) is 0 Å². The molecule has 0 saturated heterocycles. The molecule has 0 aliphatic carbocycles. The number of aliphatic hydroxyl groups is 1. The number of aromatic nitrogens is 3. The summed E-state index contributed by atoms with van der Waals surface area (Å²) in [6.07, 6.45) is 6.00. The van der Waals surface area contributed by atoms with Crippen LogP contribution in [0.4, 0.5) is 0 Å². The first-order valence-corrected chi connectivity index (χ1v) is 6.00. The van der Waals surface area contributed by atoms with E-state index in [2.05, 4.69) is 10.1 Å². The zero-order valence-corrected chi connectivity index (χ0v) is 10.7. The van der Waals surface area contributed by atoms with Gasteiger partial charge in [0, 0.05) is 5.02 Å². The molecule has 2 rings (SSSR count). The number of hydrogen-bond donors (Lipinski definition) is 1. The topological polar surface area (TPSA) is 50.9 Å². The molecule has 0 aliphatic rings. The van der Waals surface area contributed by atoms with Gasteiger partial charge in [-0.05, 0) is 24.6 Å². The highest BCUT2D eigenvalue weighted by atomic mass is 35.5. The lowest BCUT2D eigenvalue weighted by atomic mass is 10.1. The first kappa shape index (κ1) is 12.8. The molecule has 4 nitrogen and oxygen atoms in total. The van der Waals surface area contributed by atoms with Gasteiger partial charge in [-0.25, -0.2) is 9.67 Å². The maximum absolute atomic E-state index is 10.0. The molecule has 0 aliphatic heterocycles. The summed E-state index contributed by atoms with van der Waals surface area (Å²) in [6, 6.07) is 7.26. The highest BCUT2D eigenvalue weighted by molar-refractivity contribution is 6.30. The van der Waals surface area contributed by atoms with E-state index in [1.807, 2.05) is 37.3 Å². The van der Waals surface area contributed by atoms with Gasteiger partial charge in [0.2, 0.25) is 0 Å². The van der Waals surface area contributed by atoms with Crippen molar-refractivity contribution in [3.63, 3.8) is 0 Å². The monoisotopic (exact) mass is 263 g/mol. The van der Waals surface area contributed by atoms with E-state index in [9.17, 15) is 5.11 Å². The molecule has 18 heavy (non-hydrogen) atoms. The summed E-state index contributed by atoms with van der Waals surface area (Å²) in [4.78, 5) is 3.86. The second-order valence-corrected chi connectivity index (χ2v) is 4.45. The van der Waals surface area contributed by atoms with Crippen LogP contribution in [-0.4, -0.2) is 26.0 Å². The third-order valence-corrected chi connectivity index (χ3v) is 2.96. The van der Waals surface area contributed by atoms with E-state index in [4.69, 9.17) is 11.6 Å². The molecule has 0 bridgehead atoms. The van der Waals surface area contributed by atoms with E-state index in [0.717, 1.165) is 5.56 Å². The Hall–Kier alpha value is -1.65. The smallest absolute Gasteiger partial charge is 0.137 e. The predicted molar refractivity (Wildman–Crippen MR) is 71.2 cm³/mol. The number of rotatable bonds is 4. The third kappa shape index (κ3) is 3.18. The lowest BCUT2D eigenvalue weighted by molar-refractivity contribution is 0.159. The van der Waals surface area contributed by atoms with Gasteiger partial charge in [-0.15, -0.1) is 0 Å². The normalized spacial score (nSPS) is 14.8. The molecular formula is C13H14ClN3O. The Morgan fingerprint density at radius 1 is 1.33 bits per heavy atom. The summed E-state index contributed by atoms with van der Waals surface area (Å²) in [6.45, 7) is 1.88. The van der Waals surface area contributed by atoms with E-state index in [1.165, 1.54) is 6.33 Å². The molecule has 1 aromatic carbocycles. The minimum atomic E-state index is -0.623. The summed E-state index contributed by atoms with van der Waals surface area (Å²) >= 11 is 5.80. The van der Waals surface area contributed by atoms with E-state index in [-0.39, 0.29) is 6.04 Å². The van der Waals surface area contributed by atoms with Crippen molar-refractivity contribution in [3.05, 3.63) is 53.6 Å². The van der Waals surface area contributed by atoms with Gasteiger partial charge in [-0.2, -0.15) is 5.10 Å². The molecule has 2 aromatic rings. The number of hydrogen-bond acceptors (Lipinski definition) is 3. The molecule has 5 heteroatoms. The molecule has 0 radical (unpaired) electrons. The van der Waals surface area contributed by atoms with Crippen molar-refractivity contribution >= 4 is 17.7 Å². The highest BCUT2D eigenvalue weighted by Crippen LogP contribution is 2.14. The van der Waals surface area contributed by atoms with Crippen LogP contribution in [0.5, 0.6) is 0 Å². The predicted octanol–water partition coefficient (Wildman–Crippen LogP) is 2.57. The van der Waals surface area contributed by atoms with Crippen LogP contribution in [0.15, 0.2) is 43.0 Å². The average Bonchev–Trinajstić information content (AvgIpc) is 2.90. The van der Waals surface area contributed by atoms with Crippen LogP contribution in [0.1, 0.15) is 18.5 Å². The van der Waals surface area contributed by atoms with Crippen molar-refractivity contribution in [2.24, 2.45) is 0 Å². The SMILES string of the molecule is CC(C(O)C=Cc1ccc(Cl)cc1)n1cncn1. The Balaban J connectivity index is 2.02. The minimum Gasteiger partial charge on any atom is -0.387 e. The fraction of sp³-hybridized carbons (Fsp3) is 0.231. The maximum Gasteiger partial charge on any atom is 0.137 e. The minimum absolute atomic E-state index is 0.156. The molecule has 0 saturated carbocycles. The summed E-state index contributed by atoms with van der Waals surface area (Å²) in [5.41, 5.74) is 0.990. The summed E-state index contributed by atoms with van der Waals surface area (Å²) in [7, 11) is 0. The van der Waals surface area contributed by atoms with Crippen LogP contribution >= 0.6 is 11.6 Å². The largest absolute Gasteiger partial charge is 0.387 e. The van der Waals surface area contributed by atoms with Crippen LogP contribution in [-0.2, 0) is 0 Å². The van der Waals surface area contributed by atoms with Crippen molar-refractivity contribution in [2.45, 2.75) is 19.1 Å². The van der Waals surface area contributed by atoms with Crippen LogP contribution in [0, 0.1) is 0 Å². The molecule has 1 heterocycles. The second kappa shape index (κ2) is 5.80. The molecule has 1 aromatic heterocycles. The molecule has 0 fully saturated rings. The Morgan fingerprint density at radius 2 is 2.06 bits per heavy atom. The van der Waals surface area contributed by atoms with Gasteiger partial charge < -0.3 is 5.11 Å². The van der Waals surface area contributed by atoms with Gasteiger partial charge in [0.15, 0.2) is 0 Å². The molecule has 94 valence electrons. The van der Waals surface area contributed by atoms with Gasteiger partial charge in [0.05, 0.1) is 12.1 Å². The zero-order valence-electron chi connectivity index (χ0n) is 9.94. The maximum atomic E-state index is 10.0. The molecule has 0 amide bonds. The highest BCUT2D eigenvalue weighted by Gasteiger charge is 2.13. The van der Waals surface area contributed by atoms with Gasteiger partial charge >= 0.3 is 0 Å². The Kier molecular flexibility index (Phi) is 4.12. The Labute approximate surface area is 111 Å². The van der Waals surface area contributed by atoms with Crippen LogP contribution in [0.3, 0.4) is 0 Å². The summed E-state index contributed by atoms with van der Waals surface area (Å²) in [5, 5.41) is 14.7. The van der Waals surface area contributed by atoms with Gasteiger partial charge in [-0.1, -0.05) is 35.9 Å². The van der Waals surface area contributed by atoms with Gasteiger partial charge in [0.1, 0.15) is 12.7 Å². The van der Waals surface area contributed by atoms with Crippen molar-refractivity contribution in [1.82, 2.24) is 14.8 Å². The number of nitrogens with zero attached hydrogens (tertiary/aromatic N) is 3. The zero-order chi connectivity index (χ0) is 13.0. The summed E-state index contributed by atoms with van der Waals surface area (Å²) in [5.74, 6) is 0. The molecule has 1 N–H and O–H groups in total.